The van der Waals surface area contributed by atoms with Crippen LogP contribution in [0.15, 0.2) is 30.5 Å². The second-order valence-corrected chi connectivity index (χ2v) is 7.30. The molecule has 6 nitrogen and oxygen atoms in total. The number of ether oxygens (including phenoxy) is 2. The van der Waals surface area contributed by atoms with Crippen LogP contribution in [0, 0.1) is 0 Å². The lowest BCUT2D eigenvalue weighted by Crippen LogP contribution is -2.36. The fraction of sp³-hybridized carbons (Fsp3) is 0.474. The average molecular weight is 343 g/mol. The molecule has 0 saturated carbocycles. The van der Waals surface area contributed by atoms with Crippen molar-refractivity contribution in [2.24, 2.45) is 0 Å². The molecule has 134 valence electrons. The summed E-state index contributed by atoms with van der Waals surface area (Å²) in [5.41, 5.74) is 1.44. The van der Waals surface area contributed by atoms with Crippen LogP contribution in [0.1, 0.15) is 27.2 Å². The topological polar surface area (TPSA) is 63.7 Å². The zero-order valence-corrected chi connectivity index (χ0v) is 15.2. The van der Waals surface area contributed by atoms with Gasteiger partial charge < -0.3 is 19.7 Å². The number of benzene rings is 1. The quantitative estimate of drug-likeness (QED) is 0.921. The van der Waals surface area contributed by atoms with Crippen LogP contribution in [0.4, 0.5) is 10.5 Å². The van der Waals surface area contributed by atoms with Crippen LogP contribution in [0.2, 0.25) is 0 Å². The molecule has 1 saturated heterocycles. The van der Waals surface area contributed by atoms with Crippen LogP contribution in [0.3, 0.4) is 0 Å². The number of carbonyl (C=O) groups excluding carboxylic acids is 1. The molecule has 2 aromatic rings. The van der Waals surface area contributed by atoms with E-state index in [9.17, 15) is 4.79 Å². The van der Waals surface area contributed by atoms with Gasteiger partial charge in [0.1, 0.15) is 11.4 Å². The number of nitrogens with one attached hydrogen (secondary N) is 1. The maximum absolute atomic E-state index is 12.2. The van der Waals surface area contributed by atoms with E-state index in [2.05, 4.69) is 10.3 Å². The van der Waals surface area contributed by atoms with Gasteiger partial charge in [-0.05, 0) is 51.5 Å². The van der Waals surface area contributed by atoms with Crippen LogP contribution >= 0.6 is 0 Å². The Labute approximate surface area is 148 Å². The molecule has 1 aromatic heterocycles. The van der Waals surface area contributed by atoms with Gasteiger partial charge >= 0.3 is 6.09 Å². The normalized spacial score (nSPS) is 17.6. The molecule has 25 heavy (non-hydrogen) atoms. The van der Waals surface area contributed by atoms with Crippen LogP contribution in [-0.4, -0.2) is 47.8 Å². The smallest absolute Gasteiger partial charge is 0.410 e. The molecular weight excluding hydrogens is 318 g/mol. The summed E-state index contributed by atoms with van der Waals surface area (Å²) in [5.74, 6) is 0.797. The fourth-order valence-electron chi connectivity index (χ4n) is 2.97. The molecule has 1 fully saturated rings. The molecule has 0 bridgehead atoms. The van der Waals surface area contributed by atoms with Gasteiger partial charge in [-0.25, -0.2) is 4.79 Å². The second-order valence-electron chi connectivity index (χ2n) is 7.30. The van der Waals surface area contributed by atoms with E-state index < -0.39 is 5.60 Å². The van der Waals surface area contributed by atoms with Gasteiger partial charge in [0.25, 0.3) is 0 Å². The number of fused-ring (bicyclic) bond motifs is 1. The molecule has 0 unspecified atom stereocenters. The lowest BCUT2D eigenvalue weighted by Gasteiger charge is -2.24. The Bertz CT molecular complexity index is 770. The molecule has 0 aliphatic carbocycles. The monoisotopic (exact) mass is 343 g/mol. The highest BCUT2D eigenvalue weighted by Crippen LogP contribution is 2.27. The maximum atomic E-state index is 12.2. The highest BCUT2D eigenvalue weighted by atomic mass is 16.6. The number of hydrogen-bond donors (Lipinski definition) is 1. The standard InChI is InChI=1S/C19H25N3O3/c1-19(2,3)25-18(23)22-10-8-13(12-22)21-17-7-9-20-16-6-5-14(24-4)11-15(16)17/h5-7,9,11,13H,8,10,12H2,1-4H3,(H,20,21)/t13-/m1/s1. The SMILES string of the molecule is COc1ccc2nccc(N[C@@H]3CCN(C(=O)OC(C)(C)C)C3)c2c1. The number of amides is 1. The third kappa shape index (κ3) is 4.13. The molecule has 1 atom stereocenters. The van der Waals surface area contributed by atoms with Crippen LogP contribution in [0.5, 0.6) is 5.75 Å². The highest BCUT2D eigenvalue weighted by molar-refractivity contribution is 5.92. The maximum Gasteiger partial charge on any atom is 0.410 e. The lowest BCUT2D eigenvalue weighted by atomic mass is 10.1. The Kier molecular flexibility index (Phi) is 4.70. The summed E-state index contributed by atoms with van der Waals surface area (Å²) < 4.78 is 10.8. The van der Waals surface area contributed by atoms with E-state index in [0.717, 1.165) is 28.8 Å². The van der Waals surface area contributed by atoms with E-state index in [1.54, 1.807) is 18.2 Å². The van der Waals surface area contributed by atoms with Gasteiger partial charge in [-0.3, -0.25) is 4.98 Å². The summed E-state index contributed by atoms with van der Waals surface area (Å²) >= 11 is 0. The largest absolute Gasteiger partial charge is 0.497 e. The van der Waals surface area contributed by atoms with E-state index in [-0.39, 0.29) is 12.1 Å². The van der Waals surface area contributed by atoms with Crippen molar-refractivity contribution in [3.05, 3.63) is 30.5 Å². The van der Waals surface area contributed by atoms with Crippen molar-refractivity contribution in [3.8, 4) is 5.75 Å². The number of rotatable bonds is 3. The summed E-state index contributed by atoms with van der Waals surface area (Å²) in [5, 5.41) is 4.55. The zero-order valence-electron chi connectivity index (χ0n) is 15.2. The molecule has 1 aliphatic rings. The number of anilines is 1. The molecule has 1 N–H and O–H groups in total. The first kappa shape index (κ1) is 17.3. The number of hydrogen-bond acceptors (Lipinski definition) is 5. The van der Waals surface area contributed by atoms with E-state index in [1.165, 1.54) is 0 Å². The molecule has 1 amide bonds. The molecule has 3 rings (SSSR count). The number of carbonyl (C=O) groups is 1. The molecule has 0 spiro atoms. The Morgan fingerprint density at radius 1 is 1.32 bits per heavy atom. The average Bonchev–Trinajstić information content (AvgIpc) is 3.02. The predicted octanol–water partition coefficient (Wildman–Crippen LogP) is 3.66. The third-order valence-corrected chi connectivity index (χ3v) is 4.15. The second kappa shape index (κ2) is 6.78. The van der Waals surface area contributed by atoms with E-state index in [4.69, 9.17) is 9.47 Å². The molecule has 1 aromatic carbocycles. The van der Waals surface area contributed by atoms with E-state index in [0.29, 0.717) is 13.1 Å². The minimum absolute atomic E-state index is 0.185. The number of nitrogens with zero attached hydrogens (tertiary/aromatic N) is 2. The van der Waals surface area contributed by atoms with Crippen LogP contribution in [-0.2, 0) is 4.74 Å². The number of pyridine rings is 1. The summed E-state index contributed by atoms with van der Waals surface area (Å²) in [6.45, 7) is 6.97. The molecular formula is C19H25N3O3. The van der Waals surface area contributed by atoms with Crippen LogP contribution in [0.25, 0.3) is 10.9 Å². The Morgan fingerprint density at radius 3 is 2.84 bits per heavy atom. The zero-order chi connectivity index (χ0) is 18.0. The van der Waals surface area contributed by atoms with Gasteiger partial charge in [0.2, 0.25) is 0 Å². The Hall–Kier alpha value is -2.50. The van der Waals surface area contributed by atoms with Crippen molar-refractivity contribution in [1.29, 1.82) is 0 Å². The van der Waals surface area contributed by atoms with Crippen molar-refractivity contribution in [2.45, 2.75) is 38.8 Å². The van der Waals surface area contributed by atoms with Gasteiger partial charge in [0.05, 0.1) is 12.6 Å². The Balaban J connectivity index is 1.71. The number of aromatic nitrogens is 1. The highest BCUT2D eigenvalue weighted by Gasteiger charge is 2.29. The minimum atomic E-state index is -0.472. The van der Waals surface area contributed by atoms with Gasteiger partial charge in [0, 0.05) is 36.4 Å². The first-order valence-electron chi connectivity index (χ1n) is 8.53. The summed E-state index contributed by atoms with van der Waals surface area (Å²) in [7, 11) is 1.65. The number of likely N-dealkylation sites (tertiary alicyclic amines) is 1. The van der Waals surface area contributed by atoms with Crippen molar-refractivity contribution in [1.82, 2.24) is 9.88 Å². The van der Waals surface area contributed by atoms with Crippen molar-refractivity contribution in [3.63, 3.8) is 0 Å². The van der Waals surface area contributed by atoms with Crippen molar-refractivity contribution >= 4 is 22.7 Å². The first-order chi connectivity index (χ1) is 11.9. The minimum Gasteiger partial charge on any atom is -0.497 e. The van der Waals surface area contributed by atoms with Gasteiger partial charge in [0.15, 0.2) is 0 Å². The summed E-state index contributed by atoms with van der Waals surface area (Å²) in [4.78, 5) is 18.4. The predicted molar refractivity (Wildman–Crippen MR) is 98.1 cm³/mol. The van der Waals surface area contributed by atoms with Gasteiger partial charge in [-0.2, -0.15) is 0 Å². The van der Waals surface area contributed by atoms with Gasteiger partial charge in [-0.15, -0.1) is 0 Å². The van der Waals surface area contributed by atoms with Crippen molar-refractivity contribution in [2.75, 3.05) is 25.5 Å². The molecule has 1 aliphatic heterocycles. The van der Waals surface area contributed by atoms with E-state index in [1.807, 2.05) is 45.0 Å². The van der Waals surface area contributed by atoms with Crippen LogP contribution < -0.4 is 10.1 Å². The van der Waals surface area contributed by atoms with Crippen molar-refractivity contribution < 1.29 is 14.3 Å². The van der Waals surface area contributed by atoms with Gasteiger partial charge in [-0.1, -0.05) is 0 Å². The molecule has 6 heteroatoms. The third-order valence-electron chi connectivity index (χ3n) is 4.15. The molecule has 2 heterocycles. The summed E-state index contributed by atoms with van der Waals surface area (Å²) in [6, 6.07) is 7.97. The Morgan fingerprint density at radius 2 is 2.12 bits per heavy atom. The van der Waals surface area contributed by atoms with E-state index >= 15 is 0 Å². The molecule has 0 radical (unpaired) electrons. The first-order valence-corrected chi connectivity index (χ1v) is 8.53. The summed E-state index contributed by atoms with van der Waals surface area (Å²) in [6.07, 6.45) is 2.42. The fourth-order valence-corrected chi connectivity index (χ4v) is 2.97. The lowest BCUT2D eigenvalue weighted by molar-refractivity contribution is 0.0293. The number of methoxy groups -OCH3 is 1.